The van der Waals surface area contributed by atoms with Crippen molar-refractivity contribution in [1.82, 2.24) is 5.32 Å². The highest BCUT2D eigenvalue weighted by Crippen LogP contribution is 2.35. The summed E-state index contributed by atoms with van der Waals surface area (Å²) in [6.45, 7) is 4.42. The minimum Gasteiger partial charge on any atom is -0.494 e. The van der Waals surface area contributed by atoms with Gasteiger partial charge >= 0.3 is 0 Å². The fraction of sp³-hybridized carbons (Fsp3) is 0.600. The van der Waals surface area contributed by atoms with Crippen LogP contribution in [0.25, 0.3) is 0 Å². The fourth-order valence-corrected chi connectivity index (χ4v) is 3.10. The summed E-state index contributed by atoms with van der Waals surface area (Å²) >= 11 is 3.55. The van der Waals surface area contributed by atoms with Crippen LogP contribution in [0.1, 0.15) is 31.4 Å². The van der Waals surface area contributed by atoms with Gasteiger partial charge < -0.3 is 14.8 Å². The predicted molar refractivity (Wildman–Crippen MR) is 80.7 cm³/mol. The van der Waals surface area contributed by atoms with Crippen molar-refractivity contribution < 1.29 is 9.47 Å². The number of nitrogens with one attached hydrogen (secondary N) is 1. The predicted octanol–water partition coefficient (Wildman–Crippen LogP) is 3.53. The van der Waals surface area contributed by atoms with Gasteiger partial charge in [-0.05, 0) is 45.0 Å². The topological polar surface area (TPSA) is 30.5 Å². The second kappa shape index (κ2) is 7.27. The molecule has 2 atom stereocenters. The van der Waals surface area contributed by atoms with Gasteiger partial charge in [-0.25, -0.2) is 0 Å². The molecule has 0 saturated carbocycles. The highest BCUT2D eigenvalue weighted by atomic mass is 79.9. The molecule has 0 aromatic heterocycles. The largest absolute Gasteiger partial charge is 0.494 e. The summed E-state index contributed by atoms with van der Waals surface area (Å²) in [5, 5.41) is 3.43. The molecule has 2 unspecified atom stereocenters. The third-order valence-electron chi connectivity index (χ3n) is 3.58. The van der Waals surface area contributed by atoms with Gasteiger partial charge in [-0.15, -0.1) is 0 Å². The average Bonchev–Trinajstić information content (AvgIpc) is 2.44. The minimum absolute atomic E-state index is 0.277. The maximum Gasteiger partial charge on any atom is 0.124 e. The van der Waals surface area contributed by atoms with Crippen LogP contribution >= 0.6 is 15.9 Å². The van der Waals surface area contributed by atoms with Crippen molar-refractivity contribution in [2.75, 3.05) is 26.9 Å². The monoisotopic (exact) mass is 327 g/mol. The number of ether oxygens (including phenoxy) is 2. The first-order valence-electron chi connectivity index (χ1n) is 6.93. The number of benzene rings is 1. The van der Waals surface area contributed by atoms with Crippen LogP contribution in [0.2, 0.25) is 0 Å². The highest BCUT2D eigenvalue weighted by Gasteiger charge is 2.26. The molecular formula is C15H22BrNO2. The molecule has 4 heteroatoms. The molecular weight excluding hydrogens is 306 g/mol. The van der Waals surface area contributed by atoms with Crippen molar-refractivity contribution in [3.05, 3.63) is 28.2 Å². The Hall–Kier alpha value is -0.580. The van der Waals surface area contributed by atoms with Crippen LogP contribution in [-0.4, -0.2) is 26.9 Å². The molecule has 1 N–H and O–H groups in total. The Balaban J connectivity index is 2.27. The second-order valence-electron chi connectivity index (χ2n) is 4.86. The van der Waals surface area contributed by atoms with E-state index in [1.165, 1.54) is 12.0 Å². The zero-order valence-corrected chi connectivity index (χ0v) is 13.2. The first kappa shape index (κ1) is 14.8. The molecule has 0 bridgehead atoms. The molecule has 1 aliphatic rings. The Morgan fingerprint density at radius 3 is 3.00 bits per heavy atom. The van der Waals surface area contributed by atoms with E-state index in [-0.39, 0.29) is 6.04 Å². The average molecular weight is 328 g/mol. The molecule has 19 heavy (non-hydrogen) atoms. The van der Waals surface area contributed by atoms with E-state index >= 15 is 0 Å². The van der Waals surface area contributed by atoms with Gasteiger partial charge in [-0.1, -0.05) is 15.9 Å². The molecule has 106 valence electrons. The van der Waals surface area contributed by atoms with Crippen LogP contribution in [0.3, 0.4) is 0 Å². The standard InChI is InChI=1S/C15H22BrNO2/c1-3-19-14-7-6-12(16)9-13(14)15(17-2)11-5-4-8-18-10-11/h6-7,9,11,15,17H,3-5,8,10H2,1-2H3. The number of hydrogen-bond donors (Lipinski definition) is 1. The summed E-state index contributed by atoms with van der Waals surface area (Å²) < 4.78 is 12.5. The lowest BCUT2D eigenvalue weighted by atomic mass is 9.88. The van der Waals surface area contributed by atoms with Crippen molar-refractivity contribution in [3.63, 3.8) is 0 Å². The summed E-state index contributed by atoms with van der Waals surface area (Å²) in [5.74, 6) is 1.47. The molecule has 0 radical (unpaired) electrons. The summed E-state index contributed by atoms with van der Waals surface area (Å²) in [6.07, 6.45) is 2.34. The van der Waals surface area contributed by atoms with E-state index in [2.05, 4.69) is 27.3 Å². The summed E-state index contributed by atoms with van der Waals surface area (Å²) in [4.78, 5) is 0. The molecule has 1 aromatic rings. The Kier molecular flexibility index (Phi) is 5.67. The van der Waals surface area contributed by atoms with Crippen LogP contribution < -0.4 is 10.1 Å². The quantitative estimate of drug-likeness (QED) is 0.897. The van der Waals surface area contributed by atoms with Crippen LogP contribution in [-0.2, 0) is 4.74 Å². The number of halogens is 1. The SMILES string of the molecule is CCOc1ccc(Br)cc1C(NC)C1CCCOC1. The van der Waals surface area contributed by atoms with Crippen molar-refractivity contribution >= 4 is 15.9 Å². The van der Waals surface area contributed by atoms with Gasteiger partial charge in [0, 0.05) is 28.6 Å². The maximum absolute atomic E-state index is 5.76. The first-order valence-corrected chi connectivity index (χ1v) is 7.72. The number of rotatable bonds is 5. The third-order valence-corrected chi connectivity index (χ3v) is 4.08. The summed E-state index contributed by atoms with van der Waals surface area (Å²) in [7, 11) is 2.01. The molecule has 1 fully saturated rings. The Morgan fingerprint density at radius 2 is 2.37 bits per heavy atom. The van der Waals surface area contributed by atoms with Crippen molar-refractivity contribution in [1.29, 1.82) is 0 Å². The molecule has 1 aromatic carbocycles. The Labute approximate surface area is 123 Å². The lowest BCUT2D eigenvalue weighted by molar-refractivity contribution is 0.0398. The van der Waals surface area contributed by atoms with E-state index in [0.717, 1.165) is 29.9 Å². The summed E-state index contributed by atoms with van der Waals surface area (Å²) in [6, 6.07) is 6.50. The van der Waals surface area contributed by atoms with Crippen LogP contribution in [0.15, 0.2) is 22.7 Å². The fourth-order valence-electron chi connectivity index (χ4n) is 2.72. The molecule has 2 rings (SSSR count). The van der Waals surface area contributed by atoms with Crippen molar-refractivity contribution in [2.45, 2.75) is 25.8 Å². The zero-order chi connectivity index (χ0) is 13.7. The van der Waals surface area contributed by atoms with E-state index in [4.69, 9.17) is 9.47 Å². The summed E-state index contributed by atoms with van der Waals surface area (Å²) in [5.41, 5.74) is 1.22. The molecule has 0 amide bonds. The molecule has 1 saturated heterocycles. The highest BCUT2D eigenvalue weighted by molar-refractivity contribution is 9.10. The van der Waals surface area contributed by atoms with Gasteiger partial charge in [0.2, 0.25) is 0 Å². The lowest BCUT2D eigenvalue weighted by Crippen LogP contribution is -2.31. The molecule has 1 heterocycles. The Bertz CT molecular complexity index is 405. The molecule has 0 aliphatic carbocycles. The molecule has 0 spiro atoms. The number of hydrogen-bond acceptors (Lipinski definition) is 3. The van der Waals surface area contributed by atoms with Crippen LogP contribution in [0, 0.1) is 5.92 Å². The van der Waals surface area contributed by atoms with Gasteiger partial charge in [-0.3, -0.25) is 0 Å². The normalized spacial score (nSPS) is 21.1. The van der Waals surface area contributed by atoms with E-state index in [1.807, 2.05) is 26.1 Å². The van der Waals surface area contributed by atoms with Crippen LogP contribution in [0.5, 0.6) is 5.75 Å². The van der Waals surface area contributed by atoms with E-state index in [1.54, 1.807) is 0 Å². The minimum atomic E-state index is 0.277. The maximum atomic E-state index is 5.76. The van der Waals surface area contributed by atoms with Gasteiger partial charge in [0.15, 0.2) is 0 Å². The third kappa shape index (κ3) is 3.71. The van der Waals surface area contributed by atoms with Gasteiger partial charge in [0.1, 0.15) is 5.75 Å². The van der Waals surface area contributed by atoms with E-state index in [0.29, 0.717) is 12.5 Å². The molecule has 3 nitrogen and oxygen atoms in total. The van der Waals surface area contributed by atoms with E-state index < -0.39 is 0 Å². The van der Waals surface area contributed by atoms with Crippen molar-refractivity contribution in [3.8, 4) is 5.75 Å². The van der Waals surface area contributed by atoms with Crippen LogP contribution in [0.4, 0.5) is 0 Å². The first-order chi connectivity index (χ1) is 9.26. The second-order valence-corrected chi connectivity index (χ2v) is 5.77. The van der Waals surface area contributed by atoms with E-state index in [9.17, 15) is 0 Å². The Morgan fingerprint density at radius 1 is 1.53 bits per heavy atom. The molecule has 1 aliphatic heterocycles. The smallest absolute Gasteiger partial charge is 0.124 e. The van der Waals surface area contributed by atoms with Gasteiger partial charge in [0.05, 0.1) is 13.2 Å². The lowest BCUT2D eigenvalue weighted by Gasteiger charge is -2.31. The van der Waals surface area contributed by atoms with Gasteiger partial charge in [0.25, 0.3) is 0 Å². The van der Waals surface area contributed by atoms with Gasteiger partial charge in [-0.2, -0.15) is 0 Å². The zero-order valence-electron chi connectivity index (χ0n) is 11.6. The van der Waals surface area contributed by atoms with Crippen molar-refractivity contribution in [2.24, 2.45) is 5.92 Å².